The van der Waals surface area contributed by atoms with Gasteiger partial charge in [0.15, 0.2) is 9.84 Å². The first-order chi connectivity index (χ1) is 12.3. The summed E-state index contributed by atoms with van der Waals surface area (Å²) >= 11 is 0. The predicted octanol–water partition coefficient (Wildman–Crippen LogP) is 2.41. The SMILES string of the molecule is CS(=O)(=O)c1ccc(S(=O)(=O)NCCCn2ccc3ccccc32)cc1. The molecular weight excluding hydrogens is 372 g/mol. The summed E-state index contributed by atoms with van der Waals surface area (Å²) in [6, 6.07) is 15.3. The van der Waals surface area contributed by atoms with Crippen LogP contribution in [0, 0.1) is 0 Å². The van der Waals surface area contributed by atoms with Gasteiger partial charge in [-0.3, -0.25) is 0 Å². The van der Waals surface area contributed by atoms with Crippen LogP contribution in [0.15, 0.2) is 70.6 Å². The predicted molar refractivity (Wildman–Crippen MR) is 101 cm³/mol. The fourth-order valence-corrected chi connectivity index (χ4v) is 4.45. The largest absolute Gasteiger partial charge is 0.347 e. The van der Waals surface area contributed by atoms with Crippen molar-refractivity contribution in [2.24, 2.45) is 0 Å². The number of nitrogens with zero attached hydrogens (tertiary/aromatic N) is 1. The molecule has 0 saturated heterocycles. The summed E-state index contributed by atoms with van der Waals surface area (Å²) in [7, 11) is -7.01. The van der Waals surface area contributed by atoms with E-state index < -0.39 is 19.9 Å². The molecule has 8 heteroatoms. The monoisotopic (exact) mass is 392 g/mol. The van der Waals surface area contributed by atoms with E-state index in [9.17, 15) is 16.8 Å². The van der Waals surface area contributed by atoms with Crippen LogP contribution in [0.5, 0.6) is 0 Å². The number of para-hydroxylation sites is 1. The number of benzene rings is 2. The average molecular weight is 393 g/mol. The third kappa shape index (κ3) is 4.14. The highest BCUT2D eigenvalue weighted by atomic mass is 32.2. The van der Waals surface area contributed by atoms with E-state index >= 15 is 0 Å². The van der Waals surface area contributed by atoms with Crippen LogP contribution >= 0.6 is 0 Å². The molecule has 1 aromatic heterocycles. The van der Waals surface area contributed by atoms with Gasteiger partial charge in [0, 0.05) is 31.1 Å². The first kappa shape index (κ1) is 18.6. The molecule has 0 radical (unpaired) electrons. The standard InChI is InChI=1S/C18H20N2O4S2/c1-25(21,22)16-7-9-17(10-8-16)26(23,24)19-12-4-13-20-14-11-15-5-2-3-6-18(15)20/h2-3,5-11,14,19H,4,12-13H2,1H3. The summed E-state index contributed by atoms with van der Waals surface area (Å²) in [6.07, 6.45) is 3.71. The Morgan fingerprint density at radius 3 is 2.23 bits per heavy atom. The minimum Gasteiger partial charge on any atom is -0.347 e. The van der Waals surface area contributed by atoms with E-state index in [0.29, 0.717) is 19.5 Å². The molecule has 3 rings (SSSR count). The Morgan fingerprint density at radius 2 is 1.54 bits per heavy atom. The molecule has 6 nitrogen and oxygen atoms in total. The van der Waals surface area contributed by atoms with Gasteiger partial charge in [0.2, 0.25) is 10.0 Å². The maximum Gasteiger partial charge on any atom is 0.240 e. The lowest BCUT2D eigenvalue weighted by atomic mass is 10.2. The highest BCUT2D eigenvalue weighted by molar-refractivity contribution is 7.90. The van der Waals surface area contributed by atoms with Crippen molar-refractivity contribution in [3.05, 3.63) is 60.8 Å². The smallest absolute Gasteiger partial charge is 0.240 e. The Hall–Kier alpha value is -2.16. The summed E-state index contributed by atoms with van der Waals surface area (Å²) in [4.78, 5) is 0.146. The van der Waals surface area contributed by atoms with Crippen LogP contribution in [-0.4, -0.2) is 34.2 Å². The number of hydrogen-bond donors (Lipinski definition) is 1. The van der Waals surface area contributed by atoms with Crippen LogP contribution in [0.25, 0.3) is 10.9 Å². The van der Waals surface area contributed by atoms with Crippen molar-refractivity contribution in [1.82, 2.24) is 9.29 Å². The Kier molecular flexibility index (Phi) is 5.17. The van der Waals surface area contributed by atoms with Crippen molar-refractivity contribution in [3.63, 3.8) is 0 Å². The van der Waals surface area contributed by atoms with Crippen LogP contribution in [-0.2, 0) is 26.4 Å². The van der Waals surface area contributed by atoms with Gasteiger partial charge in [-0.05, 0) is 48.2 Å². The molecule has 0 atom stereocenters. The molecule has 0 aliphatic rings. The summed E-state index contributed by atoms with van der Waals surface area (Å²) < 4.78 is 52.1. The number of fused-ring (bicyclic) bond motifs is 1. The maximum atomic E-state index is 12.3. The second kappa shape index (κ2) is 7.22. The molecule has 26 heavy (non-hydrogen) atoms. The highest BCUT2D eigenvalue weighted by Crippen LogP contribution is 2.16. The molecule has 0 saturated carbocycles. The van der Waals surface area contributed by atoms with Crippen molar-refractivity contribution in [2.45, 2.75) is 22.8 Å². The fourth-order valence-electron chi connectivity index (χ4n) is 2.74. The number of sulfone groups is 1. The maximum absolute atomic E-state index is 12.3. The molecule has 3 aromatic rings. The van der Waals surface area contributed by atoms with E-state index in [-0.39, 0.29) is 9.79 Å². The van der Waals surface area contributed by atoms with Gasteiger partial charge in [0.25, 0.3) is 0 Å². The van der Waals surface area contributed by atoms with Crippen molar-refractivity contribution in [2.75, 3.05) is 12.8 Å². The van der Waals surface area contributed by atoms with E-state index in [2.05, 4.69) is 9.29 Å². The van der Waals surface area contributed by atoms with Gasteiger partial charge in [-0.25, -0.2) is 21.6 Å². The third-order valence-corrected chi connectivity index (χ3v) is 6.72. The minimum atomic E-state index is -3.66. The van der Waals surface area contributed by atoms with Gasteiger partial charge in [-0.1, -0.05) is 18.2 Å². The second-order valence-electron chi connectivity index (χ2n) is 6.06. The van der Waals surface area contributed by atoms with Crippen molar-refractivity contribution in [1.29, 1.82) is 0 Å². The van der Waals surface area contributed by atoms with E-state index in [0.717, 1.165) is 17.2 Å². The van der Waals surface area contributed by atoms with Crippen molar-refractivity contribution >= 4 is 30.8 Å². The number of aromatic nitrogens is 1. The zero-order valence-corrected chi connectivity index (χ0v) is 15.9. The summed E-state index contributed by atoms with van der Waals surface area (Å²) in [5, 5.41) is 1.15. The Morgan fingerprint density at radius 1 is 0.885 bits per heavy atom. The molecule has 1 heterocycles. The topological polar surface area (TPSA) is 85.2 Å². The second-order valence-corrected chi connectivity index (χ2v) is 9.85. The zero-order valence-electron chi connectivity index (χ0n) is 14.3. The molecule has 0 spiro atoms. The average Bonchev–Trinajstić information content (AvgIpc) is 3.01. The lowest BCUT2D eigenvalue weighted by Crippen LogP contribution is -2.25. The quantitative estimate of drug-likeness (QED) is 0.626. The van der Waals surface area contributed by atoms with Gasteiger partial charge in [-0.15, -0.1) is 0 Å². The van der Waals surface area contributed by atoms with E-state index in [1.807, 2.05) is 36.5 Å². The van der Waals surface area contributed by atoms with E-state index in [1.165, 1.54) is 24.3 Å². The van der Waals surface area contributed by atoms with Gasteiger partial charge in [0.1, 0.15) is 0 Å². The fraction of sp³-hybridized carbons (Fsp3) is 0.222. The normalized spacial score (nSPS) is 12.5. The van der Waals surface area contributed by atoms with Crippen LogP contribution in [0.1, 0.15) is 6.42 Å². The first-order valence-corrected chi connectivity index (χ1v) is 11.5. The zero-order chi connectivity index (χ0) is 18.8. The van der Waals surface area contributed by atoms with Crippen LogP contribution in [0.2, 0.25) is 0 Å². The van der Waals surface area contributed by atoms with E-state index in [1.54, 1.807) is 0 Å². The number of rotatable bonds is 7. The molecule has 2 aromatic carbocycles. The number of nitrogens with one attached hydrogen (secondary N) is 1. The molecular formula is C18H20N2O4S2. The van der Waals surface area contributed by atoms with Gasteiger partial charge in [-0.2, -0.15) is 0 Å². The number of sulfonamides is 1. The Bertz CT molecular complexity index is 1120. The number of aryl methyl sites for hydroxylation is 1. The molecule has 0 bridgehead atoms. The summed E-state index contributed by atoms with van der Waals surface area (Å²) in [5.74, 6) is 0. The molecule has 0 amide bonds. The lowest BCUT2D eigenvalue weighted by Gasteiger charge is -2.09. The van der Waals surface area contributed by atoms with Crippen LogP contribution in [0.3, 0.4) is 0 Å². The Labute approximate surface area is 153 Å². The first-order valence-electron chi connectivity index (χ1n) is 8.11. The summed E-state index contributed by atoms with van der Waals surface area (Å²) in [5.41, 5.74) is 1.12. The van der Waals surface area contributed by atoms with E-state index in [4.69, 9.17) is 0 Å². The minimum absolute atomic E-state index is 0.0521. The molecule has 0 unspecified atom stereocenters. The molecule has 138 valence electrons. The molecule has 0 aliphatic carbocycles. The van der Waals surface area contributed by atoms with Crippen molar-refractivity contribution in [3.8, 4) is 0 Å². The van der Waals surface area contributed by atoms with Crippen LogP contribution in [0.4, 0.5) is 0 Å². The molecule has 0 fully saturated rings. The highest BCUT2D eigenvalue weighted by Gasteiger charge is 2.15. The third-order valence-electron chi connectivity index (χ3n) is 4.11. The van der Waals surface area contributed by atoms with Gasteiger partial charge < -0.3 is 4.57 Å². The molecule has 0 aliphatic heterocycles. The Balaban J connectivity index is 1.60. The van der Waals surface area contributed by atoms with Gasteiger partial charge >= 0.3 is 0 Å². The number of hydrogen-bond acceptors (Lipinski definition) is 4. The van der Waals surface area contributed by atoms with Crippen molar-refractivity contribution < 1.29 is 16.8 Å². The lowest BCUT2D eigenvalue weighted by molar-refractivity contribution is 0.571. The summed E-state index contributed by atoms with van der Waals surface area (Å²) in [6.45, 7) is 0.992. The van der Waals surface area contributed by atoms with Crippen LogP contribution < -0.4 is 4.72 Å². The van der Waals surface area contributed by atoms with Gasteiger partial charge in [0.05, 0.1) is 9.79 Å². The molecule has 1 N–H and O–H groups in total.